The summed E-state index contributed by atoms with van der Waals surface area (Å²) < 4.78 is 0. The summed E-state index contributed by atoms with van der Waals surface area (Å²) in [5, 5.41) is 11.5. The van der Waals surface area contributed by atoms with Crippen LogP contribution in [0.1, 0.15) is 24.2 Å². The number of nitrogens with zero attached hydrogens (tertiary/aromatic N) is 1. The lowest BCUT2D eigenvalue weighted by Gasteiger charge is -2.23. The quantitative estimate of drug-likeness (QED) is 0.735. The highest BCUT2D eigenvalue weighted by molar-refractivity contribution is 5.94. The van der Waals surface area contributed by atoms with Crippen molar-refractivity contribution in [3.8, 4) is 0 Å². The van der Waals surface area contributed by atoms with Gasteiger partial charge in [0.1, 0.15) is 6.54 Å². The first-order chi connectivity index (χ1) is 9.79. The Bertz CT molecular complexity index is 543. The number of nitrogens with two attached hydrogens (primary N) is 1. The molecule has 0 saturated heterocycles. The van der Waals surface area contributed by atoms with Crippen LogP contribution in [0.5, 0.6) is 0 Å². The molecule has 0 fully saturated rings. The smallest absolute Gasteiger partial charge is 0.335 e. The summed E-state index contributed by atoms with van der Waals surface area (Å²) in [6.45, 7) is 3.99. The van der Waals surface area contributed by atoms with Crippen molar-refractivity contribution in [2.24, 2.45) is 11.7 Å². The van der Waals surface area contributed by atoms with Crippen LogP contribution in [0.3, 0.4) is 0 Å². The van der Waals surface area contributed by atoms with Crippen LogP contribution in [0.15, 0.2) is 24.3 Å². The summed E-state index contributed by atoms with van der Waals surface area (Å²) >= 11 is 0. The molecule has 4 N–H and O–H groups in total. The average molecular weight is 293 g/mol. The third kappa shape index (κ3) is 5.52. The van der Waals surface area contributed by atoms with Crippen molar-refractivity contribution in [1.29, 1.82) is 0 Å². The van der Waals surface area contributed by atoms with Crippen molar-refractivity contribution in [3.63, 3.8) is 0 Å². The predicted octanol–water partition coefficient (Wildman–Crippen LogP) is 1.36. The first-order valence-electron chi connectivity index (χ1n) is 6.47. The molecule has 7 heteroatoms. The molecule has 1 aromatic carbocycles. The van der Waals surface area contributed by atoms with Crippen molar-refractivity contribution in [3.05, 3.63) is 29.8 Å². The van der Waals surface area contributed by atoms with Crippen molar-refractivity contribution < 1.29 is 19.5 Å². The van der Waals surface area contributed by atoms with E-state index in [1.165, 1.54) is 23.1 Å². The summed E-state index contributed by atoms with van der Waals surface area (Å²) in [5.74, 6) is -1.52. The first-order valence-corrected chi connectivity index (χ1v) is 6.47. The number of carboxylic acid groups (broad SMARTS) is 1. The first kappa shape index (κ1) is 16.5. The van der Waals surface area contributed by atoms with Gasteiger partial charge in [-0.25, -0.2) is 9.59 Å². The zero-order valence-electron chi connectivity index (χ0n) is 12.0. The van der Waals surface area contributed by atoms with Crippen LogP contribution in [0.2, 0.25) is 0 Å². The van der Waals surface area contributed by atoms with Gasteiger partial charge in [-0.2, -0.15) is 0 Å². The molecule has 0 aliphatic rings. The third-order valence-corrected chi connectivity index (χ3v) is 2.58. The molecule has 1 aromatic rings. The lowest BCUT2D eigenvalue weighted by Crippen LogP contribution is -2.42. The Balaban J connectivity index is 2.82. The molecular formula is C14H19N3O4. The van der Waals surface area contributed by atoms with E-state index in [1.807, 2.05) is 13.8 Å². The van der Waals surface area contributed by atoms with Gasteiger partial charge in [-0.15, -0.1) is 0 Å². The van der Waals surface area contributed by atoms with E-state index in [9.17, 15) is 14.4 Å². The summed E-state index contributed by atoms with van der Waals surface area (Å²) in [6, 6.07) is 5.37. The Morgan fingerprint density at radius 3 is 2.52 bits per heavy atom. The van der Waals surface area contributed by atoms with Gasteiger partial charge in [0.2, 0.25) is 5.91 Å². The molecule has 0 heterocycles. The number of primary amides is 1. The number of hydrogen-bond donors (Lipinski definition) is 3. The summed E-state index contributed by atoms with van der Waals surface area (Å²) in [5.41, 5.74) is 5.54. The van der Waals surface area contributed by atoms with Gasteiger partial charge in [0.25, 0.3) is 0 Å². The standard InChI is InChI=1S/C14H19N3O4/c1-9(2)7-17(8-12(15)18)14(21)16-11-5-3-4-10(6-11)13(19)20/h3-6,9H,7-8H2,1-2H3,(H2,15,18)(H,16,21)(H,19,20). The van der Waals surface area contributed by atoms with E-state index in [4.69, 9.17) is 10.8 Å². The van der Waals surface area contributed by atoms with E-state index in [2.05, 4.69) is 5.32 Å². The Hall–Kier alpha value is -2.57. The third-order valence-electron chi connectivity index (χ3n) is 2.58. The number of hydrogen-bond acceptors (Lipinski definition) is 3. The number of urea groups is 1. The second kappa shape index (κ2) is 7.28. The topological polar surface area (TPSA) is 113 Å². The summed E-state index contributed by atoms with van der Waals surface area (Å²) in [4.78, 5) is 35.3. The maximum Gasteiger partial charge on any atom is 0.335 e. The highest BCUT2D eigenvalue weighted by atomic mass is 16.4. The number of rotatable bonds is 6. The monoisotopic (exact) mass is 293 g/mol. The van der Waals surface area contributed by atoms with Gasteiger partial charge in [-0.3, -0.25) is 4.79 Å². The maximum atomic E-state index is 12.1. The highest BCUT2D eigenvalue weighted by Crippen LogP contribution is 2.12. The maximum absolute atomic E-state index is 12.1. The second-order valence-electron chi connectivity index (χ2n) is 5.06. The number of benzene rings is 1. The molecule has 0 aromatic heterocycles. The van der Waals surface area contributed by atoms with E-state index in [1.54, 1.807) is 6.07 Å². The molecular weight excluding hydrogens is 274 g/mol. The largest absolute Gasteiger partial charge is 0.478 e. The number of nitrogens with one attached hydrogen (secondary N) is 1. The lowest BCUT2D eigenvalue weighted by molar-refractivity contribution is -0.118. The van der Waals surface area contributed by atoms with Crippen molar-refractivity contribution >= 4 is 23.6 Å². The van der Waals surface area contributed by atoms with Crippen molar-refractivity contribution in [1.82, 2.24) is 4.90 Å². The number of anilines is 1. The summed E-state index contributed by atoms with van der Waals surface area (Å²) in [6.07, 6.45) is 0. The molecule has 7 nitrogen and oxygen atoms in total. The predicted molar refractivity (Wildman–Crippen MR) is 78.0 cm³/mol. The van der Waals surface area contributed by atoms with Gasteiger partial charge in [-0.1, -0.05) is 19.9 Å². The van der Waals surface area contributed by atoms with Crippen LogP contribution >= 0.6 is 0 Å². The second-order valence-corrected chi connectivity index (χ2v) is 5.06. The van der Waals surface area contributed by atoms with Crippen LogP contribution in [-0.2, 0) is 4.79 Å². The molecule has 0 atom stereocenters. The number of aromatic carboxylic acids is 1. The van der Waals surface area contributed by atoms with Gasteiger partial charge in [-0.05, 0) is 24.1 Å². The van der Waals surface area contributed by atoms with E-state index >= 15 is 0 Å². The van der Waals surface area contributed by atoms with Crippen LogP contribution in [0.4, 0.5) is 10.5 Å². The molecule has 0 bridgehead atoms. The summed E-state index contributed by atoms with van der Waals surface area (Å²) in [7, 11) is 0. The minimum Gasteiger partial charge on any atom is -0.478 e. The minimum atomic E-state index is -1.08. The van der Waals surface area contributed by atoms with Crippen molar-refractivity contribution in [2.75, 3.05) is 18.4 Å². The van der Waals surface area contributed by atoms with Crippen molar-refractivity contribution in [2.45, 2.75) is 13.8 Å². The van der Waals surface area contributed by atoms with Gasteiger partial charge in [0.05, 0.1) is 5.56 Å². The molecule has 0 aliphatic carbocycles. The fraction of sp³-hybridized carbons (Fsp3) is 0.357. The number of carboxylic acids is 1. The van der Waals surface area contributed by atoms with E-state index in [-0.39, 0.29) is 18.0 Å². The van der Waals surface area contributed by atoms with E-state index in [0.717, 1.165) is 0 Å². The molecule has 0 aliphatic heterocycles. The average Bonchev–Trinajstić information content (AvgIpc) is 2.37. The van der Waals surface area contributed by atoms with E-state index in [0.29, 0.717) is 12.2 Å². The molecule has 0 saturated carbocycles. The van der Waals surface area contributed by atoms with Crippen LogP contribution in [0, 0.1) is 5.92 Å². The SMILES string of the molecule is CC(C)CN(CC(N)=O)C(=O)Nc1cccc(C(=O)O)c1. The molecule has 0 spiro atoms. The molecule has 114 valence electrons. The number of carbonyl (C=O) groups is 3. The molecule has 1 rings (SSSR count). The zero-order chi connectivity index (χ0) is 16.0. The van der Waals surface area contributed by atoms with Crippen LogP contribution in [-0.4, -0.2) is 41.0 Å². The number of amides is 3. The Labute approximate surface area is 122 Å². The molecule has 3 amide bonds. The Morgan fingerprint density at radius 2 is 2.00 bits per heavy atom. The van der Waals surface area contributed by atoms with E-state index < -0.39 is 17.9 Å². The van der Waals surface area contributed by atoms with Gasteiger partial charge < -0.3 is 21.1 Å². The highest BCUT2D eigenvalue weighted by Gasteiger charge is 2.17. The lowest BCUT2D eigenvalue weighted by atomic mass is 10.2. The molecule has 0 unspecified atom stereocenters. The Kier molecular flexibility index (Phi) is 5.71. The number of carbonyl (C=O) groups excluding carboxylic acids is 2. The fourth-order valence-electron chi connectivity index (χ4n) is 1.78. The van der Waals surface area contributed by atoms with Crippen LogP contribution in [0.25, 0.3) is 0 Å². The zero-order valence-corrected chi connectivity index (χ0v) is 12.0. The van der Waals surface area contributed by atoms with Gasteiger partial charge in [0, 0.05) is 12.2 Å². The van der Waals surface area contributed by atoms with Gasteiger partial charge in [0.15, 0.2) is 0 Å². The normalized spacial score (nSPS) is 10.2. The molecule has 0 radical (unpaired) electrons. The molecule has 21 heavy (non-hydrogen) atoms. The van der Waals surface area contributed by atoms with Crippen LogP contribution < -0.4 is 11.1 Å². The van der Waals surface area contributed by atoms with Gasteiger partial charge >= 0.3 is 12.0 Å². The fourth-order valence-corrected chi connectivity index (χ4v) is 1.78. The minimum absolute atomic E-state index is 0.0677. The Morgan fingerprint density at radius 1 is 1.33 bits per heavy atom.